The minimum atomic E-state index is -4.63. The van der Waals surface area contributed by atoms with Crippen molar-refractivity contribution in [2.24, 2.45) is 22.2 Å². The van der Waals surface area contributed by atoms with Crippen LogP contribution in [-0.4, -0.2) is 276 Å². The number of guanidine groups is 1. The molecule has 12 amide bonds. The standard InChI is InChI=1S/C71H95N15O15S4.C13H26N2O6/c1-70(2)45-23-15-16-26-55(45)86(57(70)28-13-8-12-27-56-71(3,4)46-36-44(105(99,100)101)30-31-54(46)85(56)6)34-19-9-14-29-58(87)75-32-18-17-24-48-64(94)83-52-40-103-104-41-53(68(98)81-49(35-43-21-10-7-11-22-43)65(95)82-51(62(92)74-5)39-102-42-60(89)78-48)84-66(96)50(37-61(90)91)79-59(88)38-77-63(93)47(80-67(52)97)25-20-33-76-69(72)73;1-2-4-18-6-8-20-9-7-19-5-3-15-13(17)11-21-10-12(14)16/h7-8,10-13,15-16,21-23,26-28,30-31,36,47-53H,9,14,17-20,24-25,29,32-35,37-42H2,1-6H3,(H15-,72,73,74,75,76,77,78,79,80,81,82,83,84,87,88,89,90,91,92,93,94,95,96,97,98,99,100,101);2-11H2,1H3,(H2,14,16)(H,15,17)/t47-,48-,49-,50-,51-,52-,53-;/m0./s1. The van der Waals surface area contributed by atoms with Crippen LogP contribution in [0.5, 0.6) is 0 Å². The minimum absolute atomic E-state index is 0.00154. The Balaban J connectivity index is 0.00000102. The molecule has 4 aliphatic rings. The molecule has 7 atom stereocenters. The van der Waals surface area contributed by atoms with E-state index < -0.39 is 136 Å². The maximum absolute atomic E-state index is 14.6. The number of para-hydroxylation sites is 1. The number of aliphatic carboxylic acids is 1. The van der Waals surface area contributed by atoms with Crippen LogP contribution < -0.4 is 80.6 Å². The number of amides is 12. The van der Waals surface area contributed by atoms with Crippen LogP contribution in [0, 0.1) is 0 Å². The van der Waals surface area contributed by atoms with Gasteiger partial charge in [0.1, 0.15) is 72.7 Å². The van der Waals surface area contributed by atoms with E-state index in [0.29, 0.717) is 64.5 Å². The number of rotatable bonds is 39. The normalized spacial score (nSPS) is 20.7. The highest BCUT2D eigenvalue weighted by Gasteiger charge is 2.44. The second-order valence-corrected chi connectivity index (χ2v) is 35.8. The molecule has 0 unspecified atom stereocenters. The van der Waals surface area contributed by atoms with Crippen molar-refractivity contribution in [1.29, 1.82) is 0 Å². The van der Waals surface area contributed by atoms with Crippen molar-refractivity contribution in [2.75, 3.05) is 128 Å². The molecule has 0 radical (unpaired) electrons. The van der Waals surface area contributed by atoms with E-state index in [0.717, 1.165) is 87.6 Å². The van der Waals surface area contributed by atoms with E-state index in [4.69, 9.17) is 36.1 Å². The first kappa shape index (κ1) is 104. The summed E-state index contributed by atoms with van der Waals surface area (Å²) in [6.45, 7) is 13.7. The molecule has 692 valence electrons. The lowest BCUT2D eigenvalue weighted by Gasteiger charge is -2.27. The molecule has 3 aromatic rings. The number of anilines is 1. The SMILES string of the molecule is CCCOCCOCCOCCNC(=O)COCC(N)=O.CNC(=O)[C@@H]1CSCC(=O)N[C@@H](CCCCNC(=O)CCCCCN2/C(=C/C=C/C=C/C3=[N+](C)c4ccc(S(=O)(=O)[O-])cc4C3(C)C)C(C)(C)c3ccccc32)C(=O)N[C@H]2CSSC[C@H](NC(=O)[C@H](CC(=O)O)NC(=O)CNC(=O)[C@H](CCCN=C(N)N)NC2=O)C(=O)N[C@@H](Cc2ccccc2)C(=O)N1. The number of primary amides is 1. The van der Waals surface area contributed by atoms with E-state index in [2.05, 4.69) is 107 Å². The number of unbranched alkanes of at least 4 members (excludes halogenated alkanes) is 3. The smallest absolute Gasteiger partial charge is 0.305 e. The number of carbonyl (C=O) groups is 13. The van der Waals surface area contributed by atoms with Gasteiger partial charge in [-0.05, 0) is 101 Å². The largest absolute Gasteiger partial charge is 0.744 e. The van der Waals surface area contributed by atoms with Crippen molar-refractivity contribution in [3.05, 3.63) is 126 Å². The molecule has 38 nitrogen and oxygen atoms in total. The van der Waals surface area contributed by atoms with Crippen LogP contribution in [-0.2, 0) is 109 Å². The fourth-order valence-corrected chi connectivity index (χ4v) is 17.5. The Kier molecular flexibility index (Phi) is 44.6. The van der Waals surface area contributed by atoms with Crippen LogP contribution in [0.3, 0.4) is 0 Å². The van der Waals surface area contributed by atoms with E-state index in [-0.39, 0.29) is 116 Å². The third-order valence-electron chi connectivity index (χ3n) is 20.3. The van der Waals surface area contributed by atoms with Gasteiger partial charge < -0.3 is 109 Å². The predicted octanol–water partition coefficient (Wildman–Crippen LogP) is 0.471. The molecule has 4 aliphatic heterocycles. The molecule has 4 heterocycles. The third-order valence-corrected chi connectivity index (χ3v) is 24.6. The monoisotopic (exact) mass is 1830 g/mol. The second kappa shape index (κ2) is 53.9. The van der Waals surface area contributed by atoms with Crippen LogP contribution in [0.25, 0.3) is 0 Å². The number of aliphatic imine (C=N–C) groups is 1. The summed E-state index contributed by atoms with van der Waals surface area (Å²) in [5.74, 6) is -11.8. The molecule has 2 bridgehead atoms. The maximum atomic E-state index is 14.6. The molecule has 7 rings (SSSR count). The van der Waals surface area contributed by atoms with Gasteiger partial charge in [-0.3, -0.25) is 67.3 Å². The van der Waals surface area contributed by atoms with Crippen molar-refractivity contribution >= 4 is 143 Å². The minimum Gasteiger partial charge on any atom is -0.744 e. The van der Waals surface area contributed by atoms with Crippen molar-refractivity contribution in [2.45, 2.75) is 170 Å². The van der Waals surface area contributed by atoms with Crippen LogP contribution in [0.4, 0.5) is 11.4 Å². The van der Waals surface area contributed by atoms with Gasteiger partial charge in [0.2, 0.25) is 76.6 Å². The number of nitrogens with two attached hydrogens (primary N) is 3. The number of thioether (sulfide) groups is 1. The zero-order valence-electron chi connectivity index (χ0n) is 72.2. The number of carboxylic acids is 1. The van der Waals surface area contributed by atoms with Gasteiger partial charge in [0.05, 0.1) is 62.1 Å². The molecular formula is C84H121N17O21S4. The number of hydrogen-bond acceptors (Lipinski definition) is 25. The van der Waals surface area contributed by atoms with E-state index in [1.54, 1.807) is 36.4 Å². The molecule has 2 fully saturated rings. The Morgan fingerprint density at radius 3 is 1.91 bits per heavy atom. The fourth-order valence-electron chi connectivity index (χ4n) is 13.8. The van der Waals surface area contributed by atoms with Gasteiger partial charge >= 0.3 is 5.97 Å². The van der Waals surface area contributed by atoms with Gasteiger partial charge in [0, 0.05) is 104 Å². The highest BCUT2D eigenvalue weighted by Crippen LogP contribution is 2.48. The highest BCUT2D eigenvalue weighted by molar-refractivity contribution is 8.76. The number of likely N-dealkylation sites (N-methyl/N-ethyl adjacent to an activating group) is 1. The Labute approximate surface area is 746 Å². The van der Waals surface area contributed by atoms with E-state index >= 15 is 0 Å². The number of carboxylic acid groups (broad SMARTS) is 1. The van der Waals surface area contributed by atoms with Crippen LogP contribution in [0.2, 0.25) is 0 Å². The summed E-state index contributed by atoms with van der Waals surface area (Å²) in [4.78, 5) is 180. The van der Waals surface area contributed by atoms with Gasteiger partial charge in [0.25, 0.3) is 0 Å². The highest BCUT2D eigenvalue weighted by atomic mass is 33.1. The van der Waals surface area contributed by atoms with Gasteiger partial charge in [-0.15, -0.1) is 11.8 Å². The van der Waals surface area contributed by atoms with Crippen molar-refractivity contribution in [3.63, 3.8) is 0 Å². The third kappa shape index (κ3) is 35.4. The van der Waals surface area contributed by atoms with E-state index in [1.165, 1.54) is 24.7 Å². The summed E-state index contributed by atoms with van der Waals surface area (Å²) in [5, 5.41) is 38.5. The number of hydrogen-bond donors (Lipinski definition) is 15. The van der Waals surface area contributed by atoms with Gasteiger partial charge in [-0.1, -0.05) is 116 Å². The lowest BCUT2D eigenvalue weighted by molar-refractivity contribution is -0.401. The Bertz CT molecular complexity index is 4510. The summed E-state index contributed by atoms with van der Waals surface area (Å²) in [6.07, 6.45) is 12.9. The summed E-state index contributed by atoms with van der Waals surface area (Å²) in [6, 6.07) is 11.0. The molecule has 3 aromatic carbocycles. The second-order valence-electron chi connectivity index (χ2n) is 30.8. The van der Waals surface area contributed by atoms with E-state index in [1.807, 2.05) is 61.9 Å². The zero-order valence-corrected chi connectivity index (χ0v) is 75.4. The lowest BCUT2D eigenvalue weighted by Crippen LogP contribution is -2.60. The van der Waals surface area contributed by atoms with Gasteiger partial charge in [-0.2, -0.15) is 4.58 Å². The molecular weight excluding hydrogens is 1710 g/mol. The number of carbonyl (C=O) groups excluding carboxylic acids is 12. The van der Waals surface area contributed by atoms with Crippen LogP contribution in [0.1, 0.15) is 122 Å². The number of benzene rings is 3. The fraction of sp³-hybridized carbons (Fsp3) is 0.536. The summed E-state index contributed by atoms with van der Waals surface area (Å²) < 4.78 is 58.1. The first-order valence-electron chi connectivity index (χ1n) is 41.6. The lowest BCUT2D eigenvalue weighted by atomic mass is 9.81. The topological polar surface area (TPSA) is 565 Å². The Morgan fingerprint density at radius 1 is 0.635 bits per heavy atom. The molecule has 126 heavy (non-hydrogen) atoms. The first-order chi connectivity index (χ1) is 60.0. The average Bonchev–Trinajstić information content (AvgIpc) is 1.59. The summed E-state index contributed by atoms with van der Waals surface area (Å²) >= 11 is 0.946. The molecule has 18 N–H and O–H groups in total. The van der Waals surface area contributed by atoms with Crippen molar-refractivity contribution < 1.29 is 104 Å². The molecule has 0 spiro atoms. The van der Waals surface area contributed by atoms with Crippen LogP contribution >= 0.6 is 33.3 Å². The summed E-state index contributed by atoms with van der Waals surface area (Å²) in [7, 11) is 0.498. The number of allylic oxidation sites excluding steroid dienone is 6. The number of nitrogens with one attached hydrogen (secondary N) is 11. The molecule has 0 aliphatic carbocycles. The molecule has 0 aromatic heterocycles. The van der Waals surface area contributed by atoms with Gasteiger partial charge in [0.15, 0.2) is 11.7 Å². The van der Waals surface area contributed by atoms with Crippen LogP contribution in [0.15, 0.2) is 119 Å². The number of fused-ring (bicyclic) bond motifs is 7. The number of ether oxygens (including phenoxy) is 4. The molecule has 0 saturated carbocycles. The maximum Gasteiger partial charge on any atom is 0.305 e. The zero-order chi connectivity index (χ0) is 92.4. The Hall–Kier alpha value is -10.5. The first-order valence-corrected chi connectivity index (χ1v) is 46.6. The predicted molar refractivity (Wildman–Crippen MR) is 478 cm³/mol. The van der Waals surface area contributed by atoms with Crippen molar-refractivity contribution in [3.8, 4) is 0 Å². The molecule has 2 saturated heterocycles. The quantitative estimate of drug-likeness (QED) is 0.00702. The summed E-state index contributed by atoms with van der Waals surface area (Å²) in [5.41, 5.74) is 21.5. The average molecular weight is 1830 g/mol. The van der Waals surface area contributed by atoms with Gasteiger partial charge in [-0.25, -0.2) is 8.42 Å². The number of nitrogens with zero attached hydrogens (tertiary/aromatic N) is 3. The van der Waals surface area contributed by atoms with E-state index in [9.17, 15) is 80.4 Å². The van der Waals surface area contributed by atoms with Crippen molar-refractivity contribution in [1.82, 2.24) is 58.5 Å². The Morgan fingerprint density at radius 2 is 1.25 bits per heavy atom. The molecule has 42 heteroatoms.